The molecule has 1 fully saturated rings. The van der Waals surface area contributed by atoms with Crippen molar-refractivity contribution in [3.8, 4) is 11.5 Å². The minimum atomic E-state index is -1.27. The van der Waals surface area contributed by atoms with E-state index in [-0.39, 0.29) is 5.70 Å². The number of carbonyl (C=O) groups excluding carboxylic acids is 2. The number of benzene rings is 1. The van der Waals surface area contributed by atoms with Crippen LogP contribution in [0.1, 0.15) is 5.56 Å². The van der Waals surface area contributed by atoms with Gasteiger partial charge in [0.1, 0.15) is 23.7 Å². The largest absolute Gasteiger partial charge is 0.497 e. The fraction of sp³-hybridized carbons (Fsp3) is 0.214. The molecule has 2 N–H and O–H groups in total. The second kappa shape index (κ2) is 6.17. The first-order valence-electron chi connectivity index (χ1n) is 6.24. The van der Waals surface area contributed by atoms with Crippen LogP contribution >= 0.6 is 0 Å². The summed E-state index contributed by atoms with van der Waals surface area (Å²) in [4.78, 5) is 34.9. The molecule has 1 aromatic rings. The second-order valence-corrected chi connectivity index (χ2v) is 4.38. The van der Waals surface area contributed by atoms with Gasteiger partial charge in [-0.2, -0.15) is 0 Å². The van der Waals surface area contributed by atoms with E-state index in [1.165, 1.54) is 20.3 Å². The third-order valence-electron chi connectivity index (χ3n) is 3.00. The number of imide groups is 1. The number of methoxy groups -OCH3 is 2. The number of nitrogens with zero attached hydrogens (tertiary/aromatic N) is 1. The van der Waals surface area contributed by atoms with Crippen LogP contribution in [0.25, 0.3) is 6.08 Å². The van der Waals surface area contributed by atoms with Crippen molar-refractivity contribution in [2.45, 2.75) is 0 Å². The molecule has 1 aliphatic heterocycles. The molecule has 0 radical (unpaired) electrons. The summed E-state index contributed by atoms with van der Waals surface area (Å²) in [6, 6.07) is 4.18. The zero-order chi connectivity index (χ0) is 16.3. The number of amides is 3. The van der Waals surface area contributed by atoms with E-state index < -0.39 is 24.5 Å². The van der Waals surface area contributed by atoms with Gasteiger partial charge < -0.3 is 19.9 Å². The first kappa shape index (κ1) is 15.4. The van der Waals surface area contributed by atoms with Crippen LogP contribution in [-0.4, -0.2) is 48.7 Å². The van der Waals surface area contributed by atoms with E-state index in [1.54, 1.807) is 18.2 Å². The standard InChI is InChI=1S/C14H14N2O6/c1-21-9-4-3-8(11(6-9)22-2)5-10-13(19)16(7-12(17)18)14(20)15-10/h3-6H,7H2,1-2H3,(H,15,20)(H,17,18)/b10-5+. The minimum absolute atomic E-state index is 0.0188. The van der Waals surface area contributed by atoms with Gasteiger partial charge in [0.25, 0.3) is 5.91 Å². The number of carboxylic acids is 1. The van der Waals surface area contributed by atoms with Crippen LogP contribution in [0.4, 0.5) is 4.79 Å². The molecule has 0 aromatic heterocycles. The third kappa shape index (κ3) is 3.00. The molecule has 0 aliphatic carbocycles. The van der Waals surface area contributed by atoms with E-state index in [0.29, 0.717) is 22.0 Å². The molecule has 1 heterocycles. The molecule has 22 heavy (non-hydrogen) atoms. The Morgan fingerprint density at radius 2 is 2.05 bits per heavy atom. The summed E-state index contributed by atoms with van der Waals surface area (Å²) in [5.74, 6) is -0.948. The highest BCUT2D eigenvalue weighted by Gasteiger charge is 2.35. The van der Waals surface area contributed by atoms with Crippen LogP contribution in [0.5, 0.6) is 11.5 Å². The monoisotopic (exact) mass is 306 g/mol. The number of carbonyl (C=O) groups is 3. The van der Waals surface area contributed by atoms with Crippen molar-refractivity contribution in [2.24, 2.45) is 0 Å². The van der Waals surface area contributed by atoms with Gasteiger partial charge in [-0.25, -0.2) is 9.69 Å². The zero-order valence-corrected chi connectivity index (χ0v) is 12.0. The molecule has 0 bridgehead atoms. The summed E-state index contributed by atoms with van der Waals surface area (Å²) in [5, 5.41) is 11.0. The Labute approximate surface area is 125 Å². The second-order valence-electron chi connectivity index (χ2n) is 4.38. The molecule has 2 rings (SSSR count). The number of nitrogens with one attached hydrogen (secondary N) is 1. The average Bonchev–Trinajstić information content (AvgIpc) is 2.75. The van der Waals surface area contributed by atoms with Crippen molar-refractivity contribution in [3.05, 3.63) is 29.5 Å². The molecule has 0 atom stereocenters. The van der Waals surface area contributed by atoms with Crippen LogP contribution in [-0.2, 0) is 9.59 Å². The molecule has 1 saturated heterocycles. The quantitative estimate of drug-likeness (QED) is 0.612. The fourth-order valence-corrected chi connectivity index (χ4v) is 1.94. The Morgan fingerprint density at radius 3 is 2.64 bits per heavy atom. The molecule has 0 unspecified atom stereocenters. The number of carboxylic acid groups (broad SMARTS) is 1. The Morgan fingerprint density at radius 1 is 1.32 bits per heavy atom. The SMILES string of the molecule is COc1ccc(/C=C2/NC(=O)N(CC(=O)O)C2=O)c(OC)c1. The molecule has 116 valence electrons. The molecule has 0 spiro atoms. The van der Waals surface area contributed by atoms with Crippen molar-refractivity contribution in [3.63, 3.8) is 0 Å². The third-order valence-corrected chi connectivity index (χ3v) is 3.00. The van der Waals surface area contributed by atoms with E-state index >= 15 is 0 Å². The molecule has 1 aliphatic rings. The lowest BCUT2D eigenvalue weighted by Gasteiger charge is -2.08. The summed E-state index contributed by atoms with van der Waals surface area (Å²) < 4.78 is 10.3. The molecule has 8 heteroatoms. The van der Waals surface area contributed by atoms with Gasteiger partial charge in [-0.05, 0) is 18.2 Å². The van der Waals surface area contributed by atoms with Gasteiger partial charge in [-0.15, -0.1) is 0 Å². The molecule has 8 nitrogen and oxygen atoms in total. The number of urea groups is 1. The van der Waals surface area contributed by atoms with Crippen molar-refractivity contribution >= 4 is 24.0 Å². The lowest BCUT2D eigenvalue weighted by atomic mass is 10.1. The minimum Gasteiger partial charge on any atom is -0.497 e. The topological polar surface area (TPSA) is 105 Å². The van der Waals surface area contributed by atoms with Gasteiger partial charge >= 0.3 is 12.0 Å². The van der Waals surface area contributed by atoms with Crippen LogP contribution in [0, 0.1) is 0 Å². The van der Waals surface area contributed by atoms with E-state index in [9.17, 15) is 14.4 Å². The average molecular weight is 306 g/mol. The van der Waals surface area contributed by atoms with Gasteiger partial charge in [0, 0.05) is 11.6 Å². The van der Waals surface area contributed by atoms with Crippen molar-refractivity contribution < 1.29 is 29.0 Å². The van der Waals surface area contributed by atoms with Crippen molar-refractivity contribution in [1.29, 1.82) is 0 Å². The van der Waals surface area contributed by atoms with Crippen LogP contribution in [0.2, 0.25) is 0 Å². The van der Waals surface area contributed by atoms with Gasteiger partial charge in [0.15, 0.2) is 0 Å². The van der Waals surface area contributed by atoms with Crippen LogP contribution in [0.3, 0.4) is 0 Å². The predicted octanol–water partition coefficient (Wildman–Crippen LogP) is 0.681. The van der Waals surface area contributed by atoms with E-state index in [4.69, 9.17) is 14.6 Å². The lowest BCUT2D eigenvalue weighted by Crippen LogP contribution is -2.35. The maximum Gasteiger partial charge on any atom is 0.329 e. The highest BCUT2D eigenvalue weighted by Crippen LogP contribution is 2.27. The zero-order valence-electron chi connectivity index (χ0n) is 12.0. The van der Waals surface area contributed by atoms with Gasteiger partial charge in [0.05, 0.1) is 14.2 Å². The summed E-state index contributed by atoms with van der Waals surface area (Å²) in [7, 11) is 2.97. The summed E-state index contributed by atoms with van der Waals surface area (Å²) in [5.41, 5.74) is 0.527. The number of aliphatic carboxylic acids is 1. The van der Waals surface area contributed by atoms with E-state index in [0.717, 1.165) is 0 Å². The molecule has 3 amide bonds. The number of ether oxygens (including phenoxy) is 2. The Bertz CT molecular complexity index is 667. The maximum absolute atomic E-state index is 12.0. The predicted molar refractivity (Wildman–Crippen MR) is 75.4 cm³/mol. The number of rotatable bonds is 5. The first-order chi connectivity index (χ1) is 10.5. The lowest BCUT2D eigenvalue weighted by molar-refractivity contribution is -0.140. The van der Waals surface area contributed by atoms with Crippen molar-refractivity contribution in [2.75, 3.05) is 20.8 Å². The van der Waals surface area contributed by atoms with Crippen LogP contribution in [0.15, 0.2) is 23.9 Å². The maximum atomic E-state index is 12.0. The molecule has 0 saturated carbocycles. The van der Waals surface area contributed by atoms with Crippen LogP contribution < -0.4 is 14.8 Å². The first-order valence-corrected chi connectivity index (χ1v) is 6.24. The highest BCUT2D eigenvalue weighted by molar-refractivity contribution is 6.15. The summed E-state index contributed by atoms with van der Waals surface area (Å²) in [6.07, 6.45) is 1.42. The van der Waals surface area contributed by atoms with Gasteiger partial charge in [0.2, 0.25) is 0 Å². The van der Waals surface area contributed by atoms with Gasteiger partial charge in [-0.1, -0.05) is 0 Å². The smallest absolute Gasteiger partial charge is 0.329 e. The Balaban J connectivity index is 2.32. The Hall–Kier alpha value is -3.03. The summed E-state index contributed by atoms with van der Waals surface area (Å²) in [6.45, 7) is -0.693. The Kier molecular flexibility index (Phi) is 4.31. The molecule has 1 aromatic carbocycles. The fourth-order valence-electron chi connectivity index (χ4n) is 1.94. The normalized spacial score (nSPS) is 15.9. The molecular weight excluding hydrogens is 292 g/mol. The van der Waals surface area contributed by atoms with E-state index in [2.05, 4.69) is 5.32 Å². The summed E-state index contributed by atoms with van der Waals surface area (Å²) >= 11 is 0. The van der Waals surface area contributed by atoms with Crippen molar-refractivity contribution in [1.82, 2.24) is 10.2 Å². The highest BCUT2D eigenvalue weighted by atomic mass is 16.5. The van der Waals surface area contributed by atoms with Gasteiger partial charge in [-0.3, -0.25) is 9.59 Å². The van der Waals surface area contributed by atoms with E-state index in [1.807, 2.05) is 0 Å². The number of hydrogen-bond acceptors (Lipinski definition) is 5. The number of hydrogen-bond donors (Lipinski definition) is 2. The molecular formula is C14H14N2O6.